The lowest BCUT2D eigenvalue weighted by Gasteiger charge is -2.13. The Balaban J connectivity index is 1.72. The van der Waals surface area contributed by atoms with E-state index >= 15 is 0 Å². The monoisotopic (exact) mass is 331 g/mol. The summed E-state index contributed by atoms with van der Waals surface area (Å²) in [5, 5.41) is 6.29. The van der Waals surface area contributed by atoms with Crippen molar-refractivity contribution in [3.8, 4) is 0 Å². The molecule has 0 saturated heterocycles. The van der Waals surface area contributed by atoms with Crippen LogP contribution in [0.3, 0.4) is 0 Å². The normalized spacial score (nSPS) is 10.3. The summed E-state index contributed by atoms with van der Waals surface area (Å²) >= 11 is 0. The molecule has 0 aliphatic carbocycles. The molecule has 0 bridgehead atoms. The van der Waals surface area contributed by atoms with E-state index in [1.165, 1.54) is 0 Å². The largest absolute Gasteiger partial charge is 0.355 e. The third-order valence-corrected chi connectivity index (χ3v) is 4.04. The summed E-state index contributed by atoms with van der Waals surface area (Å²) in [6, 6.07) is 19.6. The molecule has 4 nitrogen and oxygen atoms in total. The molecule has 4 heteroatoms. The van der Waals surface area contributed by atoms with Crippen molar-refractivity contribution in [2.24, 2.45) is 0 Å². The Labute approximate surface area is 147 Å². The van der Waals surface area contributed by atoms with E-state index in [0.29, 0.717) is 12.2 Å². The highest BCUT2D eigenvalue weighted by Gasteiger charge is 2.09. The first-order valence-corrected chi connectivity index (χ1v) is 8.25. The van der Waals surface area contributed by atoms with E-state index in [2.05, 4.69) is 41.6 Å². The maximum absolute atomic E-state index is 12.4. The molecule has 3 rings (SSSR count). The number of carbonyl (C=O) groups is 1. The zero-order valence-electron chi connectivity index (χ0n) is 14.4. The second-order valence-corrected chi connectivity index (χ2v) is 5.99. The Bertz CT molecular complexity index is 855. The number of para-hydroxylation sites is 1. The average Bonchev–Trinajstić information content (AvgIpc) is 2.64. The minimum absolute atomic E-state index is 0.186. The molecule has 2 N–H and O–H groups in total. The van der Waals surface area contributed by atoms with Gasteiger partial charge in [-0.2, -0.15) is 0 Å². The molecule has 1 aromatic heterocycles. The second kappa shape index (κ2) is 7.62. The van der Waals surface area contributed by atoms with Gasteiger partial charge in [0.2, 0.25) is 0 Å². The fourth-order valence-corrected chi connectivity index (χ4v) is 2.66. The zero-order valence-corrected chi connectivity index (χ0v) is 14.4. The van der Waals surface area contributed by atoms with Gasteiger partial charge in [-0.15, -0.1) is 0 Å². The fraction of sp³-hybridized carbons (Fsp3) is 0.143. The highest BCUT2D eigenvalue weighted by Crippen LogP contribution is 2.24. The average molecular weight is 331 g/mol. The van der Waals surface area contributed by atoms with Crippen LogP contribution in [0.2, 0.25) is 0 Å². The van der Waals surface area contributed by atoms with E-state index in [4.69, 9.17) is 0 Å². The molecular weight excluding hydrogens is 310 g/mol. The van der Waals surface area contributed by atoms with Crippen LogP contribution in [0, 0.1) is 13.8 Å². The molecule has 0 saturated carbocycles. The summed E-state index contributed by atoms with van der Waals surface area (Å²) in [6.45, 7) is 4.60. The number of pyridine rings is 1. The lowest BCUT2D eigenvalue weighted by molar-refractivity contribution is 0.0946. The summed E-state index contributed by atoms with van der Waals surface area (Å²) < 4.78 is 0. The van der Waals surface area contributed by atoms with Crippen molar-refractivity contribution in [3.05, 3.63) is 89.2 Å². The van der Waals surface area contributed by atoms with Crippen molar-refractivity contribution in [1.82, 2.24) is 10.3 Å². The SMILES string of the molecule is Cc1cccc(C)c1Nc1ccnc(C(=O)NCc2ccccc2)c1. The second-order valence-electron chi connectivity index (χ2n) is 5.99. The van der Waals surface area contributed by atoms with E-state index in [1.54, 1.807) is 12.3 Å². The quantitative estimate of drug-likeness (QED) is 0.730. The number of carbonyl (C=O) groups excluding carboxylic acids is 1. The first-order valence-electron chi connectivity index (χ1n) is 8.25. The molecule has 3 aromatic rings. The highest BCUT2D eigenvalue weighted by molar-refractivity contribution is 5.93. The Morgan fingerprint density at radius 1 is 0.960 bits per heavy atom. The fourth-order valence-electron chi connectivity index (χ4n) is 2.66. The van der Waals surface area contributed by atoms with Crippen LogP contribution >= 0.6 is 0 Å². The first-order chi connectivity index (χ1) is 12.1. The van der Waals surface area contributed by atoms with Gasteiger partial charge in [-0.3, -0.25) is 9.78 Å². The molecule has 0 aliphatic heterocycles. The molecule has 0 unspecified atom stereocenters. The van der Waals surface area contributed by atoms with E-state index in [0.717, 1.165) is 28.1 Å². The molecule has 1 amide bonds. The van der Waals surface area contributed by atoms with E-state index in [-0.39, 0.29) is 5.91 Å². The molecule has 0 atom stereocenters. The van der Waals surface area contributed by atoms with Crippen molar-refractivity contribution in [2.75, 3.05) is 5.32 Å². The maximum Gasteiger partial charge on any atom is 0.270 e. The Morgan fingerprint density at radius 2 is 1.68 bits per heavy atom. The predicted molar refractivity (Wildman–Crippen MR) is 101 cm³/mol. The maximum atomic E-state index is 12.4. The number of nitrogens with zero attached hydrogens (tertiary/aromatic N) is 1. The Hall–Kier alpha value is -3.14. The van der Waals surface area contributed by atoms with Gasteiger partial charge in [-0.25, -0.2) is 0 Å². The van der Waals surface area contributed by atoms with Gasteiger partial charge in [0.05, 0.1) is 0 Å². The number of amides is 1. The standard InChI is InChI=1S/C21H21N3O/c1-15-7-6-8-16(2)20(15)24-18-11-12-22-19(13-18)21(25)23-14-17-9-4-3-5-10-17/h3-13H,14H2,1-2H3,(H,22,24)(H,23,25). The van der Waals surface area contributed by atoms with Crippen molar-refractivity contribution >= 4 is 17.3 Å². The molecule has 1 heterocycles. The molecular formula is C21H21N3O. The summed E-state index contributed by atoms with van der Waals surface area (Å²) in [5.41, 5.74) is 5.67. The number of hydrogen-bond acceptors (Lipinski definition) is 3. The summed E-state index contributed by atoms with van der Waals surface area (Å²) in [4.78, 5) is 16.5. The van der Waals surface area contributed by atoms with Gasteiger partial charge < -0.3 is 10.6 Å². The Kier molecular flexibility index (Phi) is 5.09. The number of rotatable bonds is 5. The van der Waals surface area contributed by atoms with Crippen LogP contribution in [0.5, 0.6) is 0 Å². The zero-order chi connectivity index (χ0) is 17.6. The van der Waals surface area contributed by atoms with Crippen LogP contribution in [0.25, 0.3) is 0 Å². The van der Waals surface area contributed by atoms with E-state index in [1.807, 2.05) is 42.5 Å². The minimum Gasteiger partial charge on any atom is -0.355 e. The van der Waals surface area contributed by atoms with Crippen LogP contribution in [0.4, 0.5) is 11.4 Å². The van der Waals surface area contributed by atoms with Gasteiger partial charge in [0, 0.05) is 24.1 Å². The third-order valence-electron chi connectivity index (χ3n) is 4.04. The third kappa shape index (κ3) is 4.23. The van der Waals surface area contributed by atoms with Gasteiger partial charge in [0.1, 0.15) is 5.69 Å². The molecule has 2 aromatic carbocycles. The van der Waals surface area contributed by atoms with Crippen LogP contribution < -0.4 is 10.6 Å². The summed E-state index contributed by atoms with van der Waals surface area (Å²) in [6.07, 6.45) is 1.65. The van der Waals surface area contributed by atoms with Crippen molar-refractivity contribution in [3.63, 3.8) is 0 Å². The minimum atomic E-state index is -0.186. The van der Waals surface area contributed by atoms with Crippen LogP contribution in [0.1, 0.15) is 27.2 Å². The van der Waals surface area contributed by atoms with E-state index in [9.17, 15) is 4.79 Å². The highest BCUT2D eigenvalue weighted by atomic mass is 16.1. The molecule has 0 radical (unpaired) electrons. The molecule has 0 aliphatic rings. The van der Waals surface area contributed by atoms with Gasteiger partial charge in [-0.1, -0.05) is 48.5 Å². The van der Waals surface area contributed by atoms with Crippen LogP contribution in [0.15, 0.2) is 66.9 Å². The van der Waals surface area contributed by atoms with Gasteiger partial charge in [0.15, 0.2) is 0 Å². The first kappa shape index (κ1) is 16.7. The van der Waals surface area contributed by atoms with Crippen molar-refractivity contribution in [2.45, 2.75) is 20.4 Å². The summed E-state index contributed by atoms with van der Waals surface area (Å²) in [7, 11) is 0. The van der Waals surface area contributed by atoms with Crippen molar-refractivity contribution < 1.29 is 4.79 Å². The molecule has 0 fully saturated rings. The number of nitrogens with one attached hydrogen (secondary N) is 2. The molecule has 126 valence electrons. The number of aromatic nitrogens is 1. The smallest absolute Gasteiger partial charge is 0.270 e. The lowest BCUT2D eigenvalue weighted by atomic mass is 10.1. The topological polar surface area (TPSA) is 54.0 Å². The van der Waals surface area contributed by atoms with E-state index < -0.39 is 0 Å². The summed E-state index contributed by atoms with van der Waals surface area (Å²) in [5.74, 6) is -0.186. The number of benzene rings is 2. The number of hydrogen-bond donors (Lipinski definition) is 2. The van der Waals surface area contributed by atoms with Crippen LogP contribution in [-0.2, 0) is 6.54 Å². The number of anilines is 2. The number of aryl methyl sites for hydroxylation is 2. The lowest BCUT2D eigenvalue weighted by Crippen LogP contribution is -2.23. The molecule has 25 heavy (non-hydrogen) atoms. The van der Waals surface area contributed by atoms with Gasteiger partial charge in [0.25, 0.3) is 5.91 Å². The van der Waals surface area contributed by atoms with Crippen molar-refractivity contribution in [1.29, 1.82) is 0 Å². The van der Waals surface area contributed by atoms with Gasteiger partial charge >= 0.3 is 0 Å². The van der Waals surface area contributed by atoms with Crippen LogP contribution in [-0.4, -0.2) is 10.9 Å². The Morgan fingerprint density at radius 3 is 2.40 bits per heavy atom. The van der Waals surface area contributed by atoms with Gasteiger partial charge in [-0.05, 0) is 42.7 Å². The molecule has 0 spiro atoms. The predicted octanol–water partition coefficient (Wildman–Crippen LogP) is 4.37.